The van der Waals surface area contributed by atoms with Gasteiger partial charge in [0.1, 0.15) is 6.10 Å². The zero-order chi connectivity index (χ0) is 18.1. The van der Waals surface area contributed by atoms with Gasteiger partial charge in [-0.25, -0.2) is 9.78 Å². The lowest BCUT2D eigenvalue weighted by Crippen LogP contribution is -2.50. The molecule has 7 heteroatoms. The number of carbonyl (C=O) groups excluding carboxylic acids is 1. The van der Waals surface area contributed by atoms with Crippen LogP contribution in [0.2, 0.25) is 10.0 Å². The summed E-state index contributed by atoms with van der Waals surface area (Å²) in [5, 5.41) is 3.83. The molecule has 0 aliphatic carbocycles. The van der Waals surface area contributed by atoms with Crippen molar-refractivity contribution in [3.63, 3.8) is 0 Å². The summed E-state index contributed by atoms with van der Waals surface area (Å²) < 4.78 is 6.01. The summed E-state index contributed by atoms with van der Waals surface area (Å²) >= 11 is 12.0. The SMILES string of the molecule is O=C(Nc1ccc(Cl)c(Cl)c1)N1C2CCC1CC(Oc1ccccn1)C2. The smallest absolute Gasteiger partial charge is 0.322 e. The molecule has 1 N–H and O–H groups in total. The average Bonchev–Trinajstić information content (AvgIpc) is 2.90. The number of benzene rings is 1. The number of anilines is 1. The normalized spacial score (nSPS) is 24.4. The summed E-state index contributed by atoms with van der Waals surface area (Å²) in [5.41, 5.74) is 0.649. The van der Waals surface area contributed by atoms with Gasteiger partial charge in [-0.3, -0.25) is 0 Å². The van der Waals surface area contributed by atoms with Crippen LogP contribution >= 0.6 is 23.2 Å². The van der Waals surface area contributed by atoms with Crippen molar-refractivity contribution < 1.29 is 9.53 Å². The Hall–Kier alpha value is -1.98. The second-order valence-electron chi connectivity index (χ2n) is 6.73. The van der Waals surface area contributed by atoms with Gasteiger partial charge >= 0.3 is 6.03 Å². The zero-order valence-electron chi connectivity index (χ0n) is 14.1. The number of urea groups is 1. The molecule has 2 atom stereocenters. The van der Waals surface area contributed by atoms with Gasteiger partial charge in [0, 0.05) is 42.9 Å². The Labute approximate surface area is 162 Å². The van der Waals surface area contributed by atoms with Crippen LogP contribution in [0.25, 0.3) is 0 Å². The van der Waals surface area contributed by atoms with Crippen molar-refractivity contribution in [3.8, 4) is 5.88 Å². The van der Waals surface area contributed by atoms with Gasteiger partial charge in [-0.15, -0.1) is 0 Å². The average molecular weight is 392 g/mol. The predicted molar refractivity (Wildman–Crippen MR) is 102 cm³/mol. The number of fused-ring (bicyclic) bond motifs is 2. The highest BCUT2D eigenvalue weighted by molar-refractivity contribution is 6.42. The lowest BCUT2D eigenvalue weighted by molar-refractivity contribution is 0.0704. The number of hydrogen-bond acceptors (Lipinski definition) is 3. The van der Waals surface area contributed by atoms with Gasteiger partial charge in [-0.1, -0.05) is 29.3 Å². The minimum atomic E-state index is -0.0906. The molecule has 1 aromatic carbocycles. The largest absolute Gasteiger partial charge is 0.474 e. The summed E-state index contributed by atoms with van der Waals surface area (Å²) in [6, 6.07) is 11.0. The minimum absolute atomic E-state index is 0.0906. The number of piperidine rings is 1. The van der Waals surface area contributed by atoms with E-state index in [1.165, 1.54) is 0 Å². The van der Waals surface area contributed by atoms with Crippen LogP contribution in [0.1, 0.15) is 25.7 Å². The molecule has 3 heterocycles. The van der Waals surface area contributed by atoms with Crippen molar-refractivity contribution in [2.75, 3.05) is 5.32 Å². The van der Waals surface area contributed by atoms with Crippen LogP contribution in [0.5, 0.6) is 5.88 Å². The first-order chi connectivity index (χ1) is 12.6. The highest BCUT2D eigenvalue weighted by atomic mass is 35.5. The van der Waals surface area contributed by atoms with Gasteiger partial charge in [0.05, 0.1) is 10.0 Å². The van der Waals surface area contributed by atoms with E-state index in [0.717, 1.165) is 25.7 Å². The van der Waals surface area contributed by atoms with Crippen molar-refractivity contribution in [1.29, 1.82) is 0 Å². The molecule has 26 heavy (non-hydrogen) atoms. The topological polar surface area (TPSA) is 54.5 Å². The van der Waals surface area contributed by atoms with E-state index in [-0.39, 0.29) is 24.2 Å². The van der Waals surface area contributed by atoms with Crippen molar-refractivity contribution in [1.82, 2.24) is 9.88 Å². The van der Waals surface area contributed by atoms with Crippen LogP contribution in [0, 0.1) is 0 Å². The second kappa shape index (κ2) is 7.33. The van der Waals surface area contributed by atoms with E-state index in [9.17, 15) is 4.79 Å². The highest BCUT2D eigenvalue weighted by Crippen LogP contribution is 2.37. The minimum Gasteiger partial charge on any atom is -0.474 e. The Bertz CT molecular complexity index is 789. The van der Waals surface area contributed by atoms with Gasteiger partial charge in [0.25, 0.3) is 0 Å². The maximum atomic E-state index is 12.8. The van der Waals surface area contributed by atoms with E-state index < -0.39 is 0 Å². The van der Waals surface area contributed by atoms with Crippen LogP contribution in [0.15, 0.2) is 42.6 Å². The molecule has 2 bridgehead atoms. The molecule has 136 valence electrons. The number of ether oxygens (including phenoxy) is 1. The number of amides is 2. The van der Waals surface area contributed by atoms with E-state index in [0.29, 0.717) is 21.6 Å². The standard InChI is InChI=1S/C19H19Cl2N3O2/c20-16-7-4-12(9-17(16)21)23-19(25)24-13-5-6-14(24)11-15(10-13)26-18-3-1-2-8-22-18/h1-4,7-9,13-15H,5-6,10-11H2,(H,23,25). The van der Waals surface area contributed by atoms with Gasteiger partial charge in [-0.05, 0) is 37.1 Å². The van der Waals surface area contributed by atoms with Crippen LogP contribution in [-0.2, 0) is 0 Å². The van der Waals surface area contributed by atoms with Crippen LogP contribution in [0.3, 0.4) is 0 Å². The van der Waals surface area contributed by atoms with E-state index in [2.05, 4.69) is 10.3 Å². The number of rotatable bonds is 3. The summed E-state index contributed by atoms with van der Waals surface area (Å²) in [5.74, 6) is 0.644. The number of aromatic nitrogens is 1. The number of carbonyl (C=O) groups is 1. The number of nitrogens with zero attached hydrogens (tertiary/aromatic N) is 2. The molecule has 2 saturated heterocycles. The zero-order valence-corrected chi connectivity index (χ0v) is 15.6. The molecule has 1 aromatic heterocycles. The molecule has 2 fully saturated rings. The van der Waals surface area contributed by atoms with Crippen LogP contribution < -0.4 is 10.1 Å². The molecule has 2 aromatic rings. The first kappa shape index (κ1) is 17.4. The fourth-order valence-electron chi connectivity index (χ4n) is 3.90. The molecule has 2 amide bonds. The monoisotopic (exact) mass is 391 g/mol. The predicted octanol–water partition coefficient (Wildman–Crippen LogP) is 4.99. The lowest BCUT2D eigenvalue weighted by Gasteiger charge is -2.38. The van der Waals surface area contributed by atoms with Gasteiger partial charge in [0.15, 0.2) is 0 Å². The summed E-state index contributed by atoms with van der Waals surface area (Å²) in [4.78, 5) is 19.0. The molecule has 2 unspecified atom stereocenters. The number of nitrogens with one attached hydrogen (secondary N) is 1. The van der Waals surface area contributed by atoms with Gasteiger partial charge < -0.3 is 15.0 Å². The Kier molecular flexibility index (Phi) is 4.92. The first-order valence-corrected chi connectivity index (χ1v) is 9.48. The summed E-state index contributed by atoms with van der Waals surface area (Å²) in [7, 11) is 0. The molecular weight excluding hydrogens is 373 g/mol. The second-order valence-corrected chi connectivity index (χ2v) is 7.54. The molecule has 4 rings (SSSR count). The fraction of sp³-hybridized carbons (Fsp3) is 0.368. The van der Waals surface area contributed by atoms with Crippen LogP contribution in [-0.4, -0.2) is 34.1 Å². The van der Waals surface area contributed by atoms with Crippen LogP contribution in [0.4, 0.5) is 10.5 Å². The van der Waals surface area contributed by atoms with Crippen molar-refractivity contribution in [3.05, 3.63) is 52.6 Å². The van der Waals surface area contributed by atoms with E-state index >= 15 is 0 Å². The van der Waals surface area contributed by atoms with E-state index in [4.69, 9.17) is 27.9 Å². The number of hydrogen-bond donors (Lipinski definition) is 1. The van der Waals surface area contributed by atoms with E-state index in [1.807, 2.05) is 23.1 Å². The Morgan fingerprint density at radius 1 is 1.12 bits per heavy atom. The third-order valence-corrected chi connectivity index (χ3v) is 5.76. The molecule has 2 aliphatic heterocycles. The lowest BCUT2D eigenvalue weighted by atomic mass is 10.00. The fourth-order valence-corrected chi connectivity index (χ4v) is 4.20. The molecule has 0 saturated carbocycles. The Morgan fingerprint density at radius 3 is 2.54 bits per heavy atom. The maximum absolute atomic E-state index is 12.8. The number of pyridine rings is 1. The van der Waals surface area contributed by atoms with Gasteiger partial charge in [-0.2, -0.15) is 0 Å². The summed E-state index contributed by atoms with van der Waals surface area (Å²) in [6.45, 7) is 0. The number of halogens is 2. The van der Waals surface area contributed by atoms with Crippen molar-refractivity contribution >= 4 is 34.9 Å². The highest BCUT2D eigenvalue weighted by Gasteiger charge is 2.44. The molecule has 2 aliphatic rings. The van der Waals surface area contributed by atoms with E-state index in [1.54, 1.807) is 24.4 Å². The Morgan fingerprint density at radius 2 is 1.88 bits per heavy atom. The molecular formula is C19H19Cl2N3O2. The molecule has 0 spiro atoms. The third-order valence-electron chi connectivity index (χ3n) is 5.02. The summed E-state index contributed by atoms with van der Waals surface area (Å²) in [6.07, 6.45) is 5.47. The van der Waals surface area contributed by atoms with Crippen molar-refractivity contribution in [2.24, 2.45) is 0 Å². The quantitative estimate of drug-likeness (QED) is 0.800. The molecule has 5 nitrogen and oxygen atoms in total. The maximum Gasteiger partial charge on any atom is 0.322 e. The van der Waals surface area contributed by atoms with Crippen molar-refractivity contribution in [2.45, 2.75) is 43.9 Å². The molecule has 0 radical (unpaired) electrons. The first-order valence-electron chi connectivity index (χ1n) is 8.72. The Balaban J connectivity index is 1.41. The van der Waals surface area contributed by atoms with Gasteiger partial charge in [0.2, 0.25) is 5.88 Å². The third kappa shape index (κ3) is 3.60.